The minimum Gasteiger partial charge on any atom is -0.454 e. The van der Waals surface area contributed by atoms with Gasteiger partial charge in [0.2, 0.25) is 6.79 Å². The summed E-state index contributed by atoms with van der Waals surface area (Å²) in [5, 5.41) is 3.52. The zero-order chi connectivity index (χ0) is 12.5. The molecule has 6 heteroatoms. The van der Waals surface area contributed by atoms with Crippen LogP contribution in [0, 0.1) is 6.92 Å². The van der Waals surface area contributed by atoms with E-state index in [0.29, 0.717) is 17.1 Å². The Labute approximate surface area is 108 Å². The third kappa shape index (κ3) is 2.02. The van der Waals surface area contributed by atoms with Crippen molar-refractivity contribution in [3.8, 4) is 11.5 Å². The number of hydrogen-bond acceptors (Lipinski definition) is 5. The standard InChI is InChI=1S/C12H10N2O3S/c1-7-4-11(18-14-7)13-12(15)8-2-3-9-10(5-8)17-6-16-9/h2-5H,6H2,1H3,(H,13,15). The van der Waals surface area contributed by atoms with Gasteiger partial charge in [-0.15, -0.1) is 0 Å². The first-order valence-corrected chi connectivity index (χ1v) is 6.14. The average molecular weight is 262 g/mol. The van der Waals surface area contributed by atoms with E-state index in [-0.39, 0.29) is 12.7 Å². The maximum absolute atomic E-state index is 12.0. The topological polar surface area (TPSA) is 60.5 Å². The molecule has 3 rings (SSSR count). The van der Waals surface area contributed by atoms with E-state index >= 15 is 0 Å². The van der Waals surface area contributed by atoms with E-state index in [2.05, 4.69) is 9.69 Å². The Morgan fingerprint density at radius 3 is 2.94 bits per heavy atom. The van der Waals surface area contributed by atoms with Crippen LogP contribution in [0.1, 0.15) is 16.1 Å². The van der Waals surface area contributed by atoms with Gasteiger partial charge >= 0.3 is 0 Å². The summed E-state index contributed by atoms with van der Waals surface area (Å²) >= 11 is 1.26. The third-order valence-corrected chi connectivity index (χ3v) is 3.30. The molecular weight excluding hydrogens is 252 g/mol. The molecule has 0 saturated carbocycles. The zero-order valence-electron chi connectivity index (χ0n) is 9.60. The number of nitrogens with one attached hydrogen (secondary N) is 1. The molecular formula is C12H10N2O3S. The fourth-order valence-electron chi connectivity index (χ4n) is 1.64. The number of nitrogens with zero attached hydrogens (tertiary/aromatic N) is 1. The van der Waals surface area contributed by atoms with Gasteiger partial charge in [0.05, 0.1) is 5.69 Å². The van der Waals surface area contributed by atoms with Gasteiger partial charge in [0.15, 0.2) is 11.5 Å². The van der Waals surface area contributed by atoms with E-state index in [0.717, 1.165) is 10.7 Å². The Morgan fingerprint density at radius 1 is 1.33 bits per heavy atom. The van der Waals surface area contributed by atoms with Crippen molar-refractivity contribution in [1.82, 2.24) is 4.37 Å². The summed E-state index contributed by atoms with van der Waals surface area (Å²) in [4.78, 5) is 12.0. The van der Waals surface area contributed by atoms with Gasteiger partial charge < -0.3 is 14.8 Å². The van der Waals surface area contributed by atoms with Crippen molar-refractivity contribution in [2.45, 2.75) is 6.92 Å². The number of anilines is 1. The van der Waals surface area contributed by atoms with E-state index in [1.807, 2.05) is 13.0 Å². The normalized spacial score (nSPS) is 12.5. The molecule has 1 aromatic carbocycles. The lowest BCUT2D eigenvalue weighted by molar-refractivity contribution is 0.102. The fraction of sp³-hybridized carbons (Fsp3) is 0.167. The summed E-state index contributed by atoms with van der Waals surface area (Å²) in [6.45, 7) is 2.08. The van der Waals surface area contributed by atoms with Crippen LogP contribution in [0.4, 0.5) is 5.00 Å². The molecule has 2 aromatic rings. The molecule has 0 fully saturated rings. The molecule has 0 unspecified atom stereocenters. The molecule has 1 aliphatic heterocycles. The van der Waals surface area contributed by atoms with Crippen LogP contribution in [0.3, 0.4) is 0 Å². The highest BCUT2D eigenvalue weighted by Gasteiger charge is 2.16. The number of fused-ring (bicyclic) bond motifs is 1. The highest BCUT2D eigenvalue weighted by atomic mass is 32.1. The van der Waals surface area contributed by atoms with Crippen LogP contribution in [0.15, 0.2) is 24.3 Å². The monoisotopic (exact) mass is 262 g/mol. The van der Waals surface area contributed by atoms with Crippen molar-refractivity contribution in [3.63, 3.8) is 0 Å². The van der Waals surface area contributed by atoms with E-state index in [9.17, 15) is 4.79 Å². The summed E-state index contributed by atoms with van der Waals surface area (Å²) in [7, 11) is 0. The first-order valence-electron chi connectivity index (χ1n) is 5.37. The van der Waals surface area contributed by atoms with E-state index in [1.54, 1.807) is 18.2 Å². The molecule has 1 aliphatic rings. The molecule has 0 bridgehead atoms. The van der Waals surface area contributed by atoms with Crippen LogP contribution in [0.25, 0.3) is 0 Å². The zero-order valence-corrected chi connectivity index (χ0v) is 10.4. The fourth-order valence-corrected chi connectivity index (χ4v) is 2.30. The molecule has 0 aliphatic carbocycles. The number of carbonyl (C=O) groups excluding carboxylic acids is 1. The summed E-state index contributed by atoms with van der Waals surface area (Å²) in [5.41, 5.74) is 1.42. The van der Waals surface area contributed by atoms with Gasteiger partial charge in [0.1, 0.15) is 5.00 Å². The van der Waals surface area contributed by atoms with E-state index in [4.69, 9.17) is 9.47 Å². The molecule has 0 saturated heterocycles. The second-order valence-corrected chi connectivity index (χ2v) is 4.66. The van der Waals surface area contributed by atoms with Crippen molar-refractivity contribution in [1.29, 1.82) is 0 Å². The highest BCUT2D eigenvalue weighted by molar-refractivity contribution is 7.10. The molecule has 0 spiro atoms. The number of benzene rings is 1. The first-order chi connectivity index (χ1) is 8.72. The van der Waals surface area contributed by atoms with Crippen LogP contribution in [-0.2, 0) is 0 Å². The summed E-state index contributed by atoms with van der Waals surface area (Å²) in [5.74, 6) is 1.08. The minimum absolute atomic E-state index is 0.183. The number of aryl methyl sites for hydroxylation is 1. The molecule has 92 valence electrons. The van der Waals surface area contributed by atoms with Crippen molar-refractivity contribution in [2.24, 2.45) is 0 Å². The molecule has 5 nitrogen and oxygen atoms in total. The minimum atomic E-state index is -0.183. The second-order valence-electron chi connectivity index (χ2n) is 3.85. The van der Waals surface area contributed by atoms with E-state index < -0.39 is 0 Å². The SMILES string of the molecule is Cc1cc(NC(=O)c2ccc3c(c2)OCO3)sn1. The van der Waals surface area contributed by atoms with Gasteiger partial charge in [0, 0.05) is 5.56 Å². The quantitative estimate of drug-likeness (QED) is 0.903. The van der Waals surface area contributed by atoms with Crippen LogP contribution in [-0.4, -0.2) is 17.1 Å². The summed E-state index contributed by atoms with van der Waals surface area (Å²) in [6, 6.07) is 6.94. The molecule has 1 amide bonds. The largest absolute Gasteiger partial charge is 0.454 e. The number of rotatable bonds is 2. The third-order valence-electron chi connectivity index (χ3n) is 2.50. The number of aromatic nitrogens is 1. The van der Waals surface area contributed by atoms with Gasteiger partial charge in [-0.3, -0.25) is 4.79 Å². The van der Waals surface area contributed by atoms with Crippen LogP contribution < -0.4 is 14.8 Å². The molecule has 1 aromatic heterocycles. The average Bonchev–Trinajstić information content (AvgIpc) is 2.96. The lowest BCUT2D eigenvalue weighted by atomic mass is 10.2. The van der Waals surface area contributed by atoms with Gasteiger partial charge in [-0.05, 0) is 42.7 Å². The predicted molar refractivity (Wildman–Crippen MR) is 67.4 cm³/mol. The first kappa shape index (κ1) is 11.0. The lowest BCUT2D eigenvalue weighted by Crippen LogP contribution is -2.10. The number of ether oxygens (including phenoxy) is 2. The highest BCUT2D eigenvalue weighted by Crippen LogP contribution is 2.32. The number of amides is 1. The van der Waals surface area contributed by atoms with Gasteiger partial charge in [0.25, 0.3) is 5.91 Å². The summed E-state index contributed by atoms with van der Waals surface area (Å²) < 4.78 is 14.5. The molecule has 0 atom stereocenters. The lowest BCUT2D eigenvalue weighted by Gasteiger charge is -2.03. The Hall–Kier alpha value is -2.08. The molecule has 0 radical (unpaired) electrons. The second kappa shape index (κ2) is 4.30. The molecule has 2 heterocycles. The van der Waals surface area contributed by atoms with Gasteiger partial charge in [-0.2, -0.15) is 4.37 Å². The Bertz CT molecular complexity index is 609. The smallest absolute Gasteiger partial charge is 0.256 e. The summed E-state index contributed by atoms with van der Waals surface area (Å²) in [6.07, 6.45) is 0. The van der Waals surface area contributed by atoms with Crippen molar-refractivity contribution in [3.05, 3.63) is 35.5 Å². The molecule has 1 N–H and O–H groups in total. The number of carbonyl (C=O) groups is 1. The van der Waals surface area contributed by atoms with Crippen LogP contribution in [0.5, 0.6) is 11.5 Å². The maximum atomic E-state index is 12.0. The Balaban J connectivity index is 1.80. The Kier molecular flexibility index (Phi) is 2.64. The molecule has 18 heavy (non-hydrogen) atoms. The van der Waals surface area contributed by atoms with Crippen molar-refractivity contribution >= 4 is 22.4 Å². The van der Waals surface area contributed by atoms with Crippen LogP contribution in [0.2, 0.25) is 0 Å². The van der Waals surface area contributed by atoms with Crippen LogP contribution >= 0.6 is 11.5 Å². The van der Waals surface area contributed by atoms with Crippen molar-refractivity contribution in [2.75, 3.05) is 12.1 Å². The predicted octanol–water partition coefficient (Wildman–Crippen LogP) is 2.43. The Morgan fingerprint density at radius 2 is 2.17 bits per heavy atom. The maximum Gasteiger partial charge on any atom is 0.256 e. The van der Waals surface area contributed by atoms with Gasteiger partial charge in [-0.25, -0.2) is 0 Å². The van der Waals surface area contributed by atoms with Crippen molar-refractivity contribution < 1.29 is 14.3 Å². The number of hydrogen-bond donors (Lipinski definition) is 1. The van der Waals surface area contributed by atoms with Gasteiger partial charge in [-0.1, -0.05) is 0 Å². The van der Waals surface area contributed by atoms with E-state index in [1.165, 1.54) is 11.5 Å².